The zero-order chi connectivity index (χ0) is 16.7. The van der Waals surface area contributed by atoms with Gasteiger partial charge in [0.15, 0.2) is 0 Å². The Bertz CT molecular complexity index is 530. The Labute approximate surface area is 130 Å². The number of nitro benzene ring substituents is 1. The summed E-state index contributed by atoms with van der Waals surface area (Å²) in [7, 11) is 3.57. The van der Waals surface area contributed by atoms with Gasteiger partial charge in [-0.1, -0.05) is 0 Å². The predicted molar refractivity (Wildman–Crippen MR) is 85.5 cm³/mol. The Balaban J connectivity index is 2.73. The monoisotopic (exact) mass is 309 g/mol. The van der Waals surface area contributed by atoms with Crippen LogP contribution in [0.2, 0.25) is 0 Å². The maximum absolute atomic E-state index is 12.2. The second-order valence-electron chi connectivity index (χ2n) is 5.38. The molecule has 0 radical (unpaired) electrons. The molecule has 0 aliphatic heterocycles. The van der Waals surface area contributed by atoms with Crippen LogP contribution >= 0.6 is 0 Å². The molecule has 122 valence electrons. The molecule has 0 heterocycles. The van der Waals surface area contributed by atoms with Crippen molar-refractivity contribution >= 4 is 17.3 Å². The summed E-state index contributed by atoms with van der Waals surface area (Å²) in [6, 6.07) is 4.27. The first-order valence-corrected chi connectivity index (χ1v) is 7.18. The SMILES string of the molecule is CC(C)OCCCNC(=O)c1cc([N+](=O)[O-])ccc1N(C)C. The minimum absolute atomic E-state index is 0.0982. The highest BCUT2D eigenvalue weighted by Gasteiger charge is 2.17. The van der Waals surface area contributed by atoms with E-state index in [1.54, 1.807) is 25.1 Å². The Hall–Kier alpha value is -2.15. The van der Waals surface area contributed by atoms with Crippen molar-refractivity contribution in [3.05, 3.63) is 33.9 Å². The van der Waals surface area contributed by atoms with E-state index in [-0.39, 0.29) is 17.7 Å². The van der Waals surface area contributed by atoms with Crippen LogP contribution in [0.25, 0.3) is 0 Å². The van der Waals surface area contributed by atoms with Crippen LogP contribution in [0, 0.1) is 10.1 Å². The van der Waals surface area contributed by atoms with E-state index in [1.807, 2.05) is 13.8 Å². The molecule has 1 amide bonds. The number of nitro groups is 1. The summed E-state index contributed by atoms with van der Waals surface area (Å²) >= 11 is 0. The molecule has 7 heteroatoms. The number of rotatable bonds is 8. The van der Waals surface area contributed by atoms with E-state index in [2.05, 4.69) is 5.32 Å². The maximum atomic E-state index is 12.2. The van der Waals surface area contributed by atoms with Gasteiger partial charge < -0.3 is 15.0 Å². The lowest BCUT2D eigenvalue weighted by atomic mass is 10.1. The molecule has 0 spiro atoms. The fourth-order valence-electron chi connectivity index (χ4n) is 1.90. The van der Waals surface area contributed by atoms with Crippen molar-refractivity contribution in [1.29, 1.82) is 0 Å². The summed E-state index contributed by atoms with van der Waals surface area (Å²) < 4.78 is 5.39. The highest BCUT2D eigenvalue weighted by molar-refractivity contribution is 6.00. The topological polar surface area (TPSA) is 84.7 Å². The highest BCUT2D eigenvalue weighted by Crippen LogP contribution is 2.24. The third-order valence-corrected chi connectivity index (χ3v) is 2.98. The van der Waals surface area contributed by atoms with E-state index in [4.69, 9.17) is 4.74 Å². The van der Waals surface area contributed by atoms with Crippen molar-refractivity contribution in [3.63, 3.8) is 0 Å². The highest BCUT2D eigenvalue weighted by atomic mass is 16.6. The van der Waals surface area contributed by atoms with E-state index < -0.39 is 4.92 Å². The van der Waals surface area contributed by atoms with Crippen molar-refractivity contribution < 1.29 is 14.5 Å². The van der Waals surface area contributed by atoms with Crippen LogP contribution in [0.5, 0.6) is 0 Å². The van der Waals surface area contributed by atoms with Gasteiger partial charge >= 0.3 is 0 Å². The Morgan fingerprint density at radius 2 is 2.09 bits per heavy atom. The Morgan fingerprint density at radius 3 is 2.64 bits per heavy atom. The van der Waals surface area contributed by atoms with Gasteiger partial charge in [-0.05, 0) is 26.3 Å². The number of ether oxygens (including phenoxy) is 1. The lowest BCUT2D eigenvalue weighted by Gasteiger charge is -2.17. The zero-order valence-corrected chi connectivity index (χ0v) is 13.5. The summed E-state index contributed by atoms with van der Waals surface area (Å²) in [5, 5.41) is 13.6. The molecule has 0 aromatic heterocycles. The smallest absolute Gasteiger partial charge is 0.270 e. The maximum Gasteiger partial charge on any atom is 0.270 e. The minimum Gasteiger partial charge on any atom is -0.379 e. The molecular weight excluding hydrogens is 286 g/mol. The number of carbonyl (C=O) groups is 1. The van der Waals surface area contributed by atoms with Gasteiger partial charge in [-0.3, -0.25) is 14.9 Å². The predicted octanol–water partition coefficient (Wildman–Crippen LogP) is 2.21. The molecule has 1 aromatic rings. The van der Waals surface area contributed by atoms with Crippen LogP contribution in [0.15, 0.2) is 18.2 Å². The molecule has 0 aliphatic rings. The molecule has 0 aliphatic carbocycles. The van der Waals surface area contributed by atoms with E-state index in [9.17, 15) is 14.9 Å². The van der Waals surface area contributed by atoms with Gasteiger partial charge in [0.2, 0.25) is 0 Å². The summed E-state index contributed by atoms with van der Waals surface area (Å²) in [5.74, 6) is -0.322. The van der Waals surface area contributed by atoms with Gasteiger partial charge in [0.25, 0.3) is 11.6 Å². The van der Waals surface area contributed by atoms with Gasteiger partial charge in [0.05, 0.1) is 16.6 Å². The molecule has 1 rings (SSSR count). The summed E-state index contributed by atoms with van der Waals surface area (Å²) in [5.41, 5.74) is 0.837. The zero-order valence-electron chi connectivity index (χ0n) is 13.5. The molecule has 1 aromatic carbocycles. The van der Waals surface area contributed by atoms with Crippen molar-refractivity contribution in [2.24, 2.45) is 0 Å². The van der Waals surface area contributed by atoms with Crippen LogP contribution in [-0.4, -0.2) is 44.2 Å². The third-order valence-electron chi connectivity index (χ3n) is 2.98. The van der Waals surface area contributed by atoms with Crippen LogP contribution in [0.4, 0.5) is 11.4 Å². The molecule has 1 N–H and O–H groups in total. The van der Waals surface area contributed by atoms with E-state index in [0.29, 0.717) is 30.8 Å². The van der Waals surface area contributed by atoms with E-state index in [1.165, 1.54) is 12.1 Å². The normalized spacial score (nSPS) is 10.6. The lowest BCUT2D eigenvalue weighted by Crippen LogP contribution is -2.27. The first-order chi connectivity index (χ1) is 10.3. The standard InChI is InChI=1S/C15H23N3O4/c1-11(2)22-9-5-8-16-15(19)13-10-12(18(20)21)6-7-14(13)17(3)4/h6-7,10-11H,5,8-9H2,1-4H3,(H,16,19). The minimum atomic E-state index is -0.507. The number of hydrogen-bond acceptors (Lipinski definition) is 5. The van der Waals surface area contributed by atoms with E-state index in [0.717, 1.165) is 0 Å². The van der Waals surface area contributed by atoms with Crippen LogP contribution in [-0.2, 0) is 4.74 Å². The lowest BCUT2D eigenvalue weighted by molar-refractivity contribution is -0.384. The number of nitrogens with one attached hydrogen (secondary N) is 1. The molecule has 0 bridgehead atoms. The molecule has 0 saturated heterocycles. The van der Waals surface area contributed by atoms with Crippen molar-refractivity contribution in [2.75, 3.05) is 32.1 Å². The van der Waals surface area contributed by atoms with Crippen molar-refractivity contribution in [3.8, 4) is 0 Å². The summed E-state index contributed by atoms with van der Waals surface area (Å²) in [6.45, 7) is 4.92. The van der Waals surface area contributed by atoms with E-state index >= 15 is 0 Å². The average Bonchev–Trinajstić information content (AvgIpc) is 2.45. The quantitative estimate of drug-likeness (QED) is 0.452. The summed E-state index contributed by atoms with van der Waals surface area (Å²) in [6.07, 6.45) is 0.851. The van der Waals surface area contributed by atoms with Crippen LogP contribution < -0.4 is 10.2 Å². The van der Waals surface area contributed by atoms with Gasteiger partial charge in [-0.2, -0.15) is 0 Å². The first-order valence-electron chi connectivity index (χ1n) is 7.18. The number of anilines is 1. The molecule has 0 saturated carbocycles. The number of amides is 1. The molecule has 22 heavy (non-hydrogen) atoms. The van der Waals surface area contributed by atoms with Gasteiger partial charge in [-0.15, -0.1) is 0 Å². The molecule has 7 nitrogen and oxygen atoms in total. The van der Waals surface area contributed by atoms with Gasteiger partial charge in [0.1, 0.15) is 0 Å². The first kappa shape index (κ1) is 17.9. The van der Waals surface area contributed by atoms with Crippen LogP contribution in [0.1, 0.15) is 30.6 Å². The second kappa shape index (κ2) is 8.33. The number of carbonyl (C=O) groups excluding carboxylic acids is 1. The molecule has 0 atom stereocenters. The molecule has 0 unspecified atom stereocenters. The second-order valence-corrected chi connectivity index (χ2v) is 5.38. The van der Waals surface area contributed by atoms with Crippen molar-refractivity contribution in [2.45, 2.75) is 26.4 Å². The Kier molecular flexibility index (Phi) is 6.78. The van der Waals surface area contributed by atoms with Crippen LogP contribution in [0.3, 0.4) is 0 Å². The fourth-order valence-corrected chi connectivity index (χ4v) is 1.90. The fraction of sp³-hybridized carbons (Fsp3) is 0.533. The third kappa shape index (κ3) is 5.33. The number of hydrogen-bond donors (Lipinski definition) is 1. The van der Waals surface area contributed by atoms with Gasteiger partial charge in [0, 0.05) is 45.1 Å². The Morgan fingerprint density at radius 1 is 1.41 bits per heavy atom. The number of benzene rings is 1. The van der Waals surface area contributed by atoms with Gasteiger partial charge in [-0.25, -0.2) is 0 Å². The van der Waals surface area contributed by atoms with Crippen molar-refractivity contribution in [1.82, 2.24) is 5.32 Å². The summed E-state index contributed by atoms with van der Waals surface area (Å²) in [4.78, 5) is 24.3. The average molecular weight is 309 g/mol. The molecule has 0 fully saturated rings. The molecular formula is C15H23N3O4. The number of nitrogens with zero attached hydrogens (tertiary/aromatic N) is 2. The number of non-ortho nitro benzene ring substituents is 1. The largest absolute Gasteiger partial charge is 0.379 e.